The fourth-order valence-electron chi connectivity index (χ4n) is 7.38. The summed E-state index contributed by atoms with van der Waals surface area (Å²) in [5.74, 6) is -0.508. The van der Waals surface area contributed by atoms with E-state index in [0.717, 1.165) is 38.5 Å². The first-order chi connectivity index (χ1) is 28.8. The normalized spacial score (nSPS) is 13.2. The van der Waals surface area contributed by atoms with Crippen LogP contribution in [0.5, 0.6) is 0 Å². The van der Waals surface area contributed by atoms with Crippen LogP contribution in [0.4, 0.5) is 0 Å². The van der Waals surface area contributed by atoms with E-state index in [1.165, 1.54) is 193 Å². The number of esters is 1. The van der Waals surface area contributed by atoms with Crippen LogP contribution in [-0.2, 0) is 27.9 Å². The van der Waals surface area contributed by atoms with Crippen LogP contribution in [0.1, 0.15) is 258 Å². The minimum Gasteiger partial charge on any atom is -0.463 e. The average Bonchev–Trinajstić information content (AvgIpc) is 3.22. The third-order valence-corrected chi connectivity index (χ3v) is 12.2. The summed E-state index contributed by atoms with van der Waals surface area (Å²) in [4.78, 5) is 34.0. The van der Waals surface area contributed by atoms with Crippen LogP contribution in [0.2, 0.25) is 0 Å². The molecule has 0 radical (unpaired) electrons. The first kappa shape index (κ1) is 57.8. The fourth-order valence-corrected chi connectivity index (χ4v) is 8.13. The number of carbonyl (C=O) groups is 2. The van der Waals surface area contributed by atoms with Gasteiger partial charge in [-0.25, -0.2) is 4.57 Å². The summed E-state index contributed by atoms with van der Waals surface area (Å²) in [7, 11) is -4.42. The molecule has 2 unspecified atom stereocenters. The van der Waals surface area contributed by atoms with Crippen LogP contribution in [0, 0.1) is 0 Å². The Kier molecular flexibility index (Phi) is 45.3. The Morgan fingerprint density at radius 1 is 0.508 bits per heavy atom. The SMILES string of the molecule is CCCCCCCCC/C=C\CCCCCCCCCC(=O)NCCOP(=O)(O)OCC(O)COC(=O)CCCCCCCCCCCCCCCCCCCCCC. The molecule has 0 rings (SSSR count). The Morgan fingerprint density at radius 2 is 0.864 bits per heavy atom. The maximum Gasteiger partial charge on any atom is 0.472 e. The van der Waals surface area contributed by atoms with Gasteiger partial charge in [0.05, 0.1) is 13.2 Å². The second kappa shape index (κ2) is 46.3. The largest absolute Gasteiger partial charge is 0.472 e. The number of hydrogen-bond acceptors (Lipinski definition) is 7. The van der Waals surface area contributed by atoms with Crippen molar-refractivity contribution in [1.82, 2.24) is 5.32 Å². The zero-order chi connectivity index (χ0) is 43.2. The molecule has 0 aliphatic rings. The standard InChI is InChI=1S/C49H96NO8P/c1-3-5-7-9-11-13-15-17-19-21-23-24-26-28-30-32-34-36-38-40-42-49(53)56-45-47(51)46-58-59(54,55)57-44-43-50-48(52)41-39-37-35-33-31-29-27-25-22-20-18-16-14-12-10-8-6-4-2/h20,22,47,51H,3-19,21,23-46H2,1-2H3,(H,50,52)(H,54,55)/b22-20-. The molecule has 0 spiro atoms. The maximum absolute atomic E-state index is 12.1. The zero-order valence-electron chi connectivity index (χ0n) is 38.7. The molecule has 1 amide bonds. The van der Waals surface area contributed by atoms with Gasteiger partial charge in [-0.05, 0) is 38.5 Å². The molecule has 0 aliphatic heterocycles. The second-order valence-electron chi connectivity index (χ2n) is 17.1. The number of phosphoric acid groups is 1. The van der Waals surface area contributed by atoms with Crippen molar-refractivity contribution in [2.45, 2.75) is 264 Å². The summed E-state index contributed by atoms with van der Waals surface area (Å²) in [6, 6.07) is 0. The van der Waals surface area contributed by atoms with Gasteiger partial charge in [0.2, 0.25) is 5.91 Å². The van der Waals surface area contributed by atoms with Gasteiger partial charge in [-0.15, -0.1) is 0 Å². The average molecular weight is 858 g/mol. The van der Waals surface area contributed by atoms with Gasteiger partial charge >= 0.3 is 13.8 Å². The Morgan fingerprint density at radius 3 is 1.27 bits per heavy atom. The lowest BCUT2D eigenvalue weighted by atomic mass is 10.0. The van der Waals surface area contributed by atoms with E-state index >= 15 is 0 Å². The molecule has 2 atom stereocenters. The molecule has 350 valence electrons. The molecule has 0 saturated carbocycles. The van der Waals surface area contributed by atoms with E-state index < -0.39 is 26.5 Å². The lowest BCUT2D eigenvalue weighted by Crippen LogP contribution is -2.27. The predicted molar refractivity (Wildman–Crippen MR) is 248 cm³/mol. The number of unbranched alkanes of at least 4 members (excludes halogenated alkanes) is 33. The Hall–Kier alpha value is -1.25. The molecule has 10 heteroatoms. The molecular formula is C49H96NO8P. The van der Waals surface area contributed by atoms with Crippen LogP contribution < -0.4 is 5.32 Å². The number of aliphatic hydroxyl groups excluding tert-OH is 1. The Labute approximate surface area is 364 Å². The highest BCUT2D eigenvalue weighted by atomic mass is 31.2. The van der Waals surface area contributed by atoms with Crippen LogP contribution >= 0.6 is 7.82 Å². The summed E-state index contributed by atoms with van der Waals surface area (Å²) < 4.78 is 27.0. The van der Waals surface area contributed by atoms with Crippen molar-refractivity contribution in [2.24, 2.45) is 0 Å². The molecule has 9 nitrogen and oxygen atoms in total. The Balaban J connectivity index is 3.53. The van der Waals surface area contributed by atoms with Gasteiger partial charge < -0.3 is 20.1 Å². The van der Waals surface area contributed by atoms with Gasteiger partial charge in [0.25, 0.3) is 0 Å². The summed E-state index contributed by atoms with van der Waals surface area (Å²) in [5.41, 5.74) is 0. The number of allylic oxidation sites excluding steroid dienone is 2. The van der Waals surface area contributed by atoms with E-state index in [9.17, 15) is 24.2 Å². The van der Waals surface area contributed by atoms with Gasteiger partial charge in [-0.3, -0.25) is 18.6 Å². The lowest BCUT2D eigenvalue weighted by Gasteiger charge is -2.15. The van der Waals surface area contributed by atoms with Gasteiger partial charge in [-0.1, -0.05) is 219 Å². The highest BCUT2D eigenvalue weighted by Gasteiger charge is 2.23. The Bertz CT molecular complexity index is 980. The summed E-state index contributed by atoms with van der Waals surface area (Å²) >= 11 is 0. The highest BCUT2D eigenvalue weighted by Crippen LogP contribution is 2.42. The number of rotatable bonds is 48. The second-order valence-corrected chi connectivity index (χ2v) is 18.6. The smallest absolute Gasteiger partial charge is 0.463 e. The molecule has 0 bridgehead atoms. The third-order valence-electron chi connectivity index (χ3n) is 11.2. The monoisotopic (exact) mass is 858 g/mol. The number of carbonyl (C=O) groups excluding carboxylic acids is 2. The van der Waals surface area contributed by atoms with E-state index in [1.807, 2.05) is 0 Å². The molecule has 0 aromatic rings. The van der Waals surface area contributed by atoms with Gasteiger partial charge in [0.15, 0.2) is 0 Å². The van der Waals surface area contributed by atoms with E-state index in [-0.39, 0.29) is 32.1 Å². The fraction of sp³-hybridized carbons (Fsp3) is 0.918. The molecule has 0 aromatic carbocycles. The highest BCUT2D eigenvalue weighted by molar-refractivity contribution is 7.47. The van der Waals surface area contributed by atoms with Gasteiger partial charge in [-0.2, -0.15) is 0 Å². The third kappa shape index (κ3) is 47.6. The van der Waals surface area contributed by atoms with Crippen molar-refractivity contribution in [2.75, 3.05) is 26.4 Å². The minimum absolute atomic E-state index is 0.0832. The molecule has 0 aromatic heterocycles. The molecular weight excluding hydrogens is 762 g/mol. The number of ether oxygens (including phenoxy) is 1. The topological polar surface area (TPSA) is 131 Å². The summed E-state index contributed by atoms with van der Waals surface area (Å²) in [5, 5.41) is 12.7. The van der Waals surface area contributed by atoms with E-state index in [1.54, 1.807) is 0 Å². The number of hydrogen-bond donors (Lipinski definition) is 3. The quantitative estimate of drug-likeness (QED) is 0.0239. The van der Waals surface area contributed by atoms with Crippen molar-refractivity contribution in [1.29, 1.82) is 0 Å². The molecule has 0 saturated heterocycles. The van der Waals surface area contributed by atoms with Crippen molar-refractivity contribution in [3.8, 4) is 0 Å². The number of phosphoric ester groups is 1. The van der Waals surface area contributed by atoms with Crippen LogP contribution in [0.15, 0.2) is 12.2 Å². The summed E-state index contributed by atoms with van der Waals surface area (Å²) in [6.45, 7) is 3.60. The van der Waals surface area contributed by atoms with E-state index in [2.05, 4.69) is 31.3 Å². The maximum atomic E-state index is 12.1. The number of nitrogens with one attached hydrogen (secondary N) is 1. The summed E-state index contributed by atoms with van der Waals surface area (Å²) in [6.07, 6.45) is 50.0. The molecule has 0 aliphatic carbocycles. The first-order valence-electron chi connectivity index (χ1n) is 25.2. The lowest BCUT2D eigenvalue weighted by molar-refractivity contribution is -0.147. The molecule has 0 fully saturated rings. The van der Waals surface area contributed by atoms with E-state index in [4.69, 9.17) is 13.8 Å². The van der Waals surface area contributed by atoms with Crippen molar-refractivity contribution in [3.05, 3.63) is 12.2 Å². The van der Waals surface area contributed by atoms with E-state index in [0.29, 0.717) is 6.42 Å². The van der Waals surface area contributed by atoms with Crippen LogP contribution in [0.25, 0.3) is 0 Å². The van der Waals surface area contributed by atoms with Crippen LogP contribution in [-0.4, -0.2) is 54.3 Å². The van der Waals surface area contributed by atoms with Crippen molar-refractivity contribution in [3.63, 3.8) is 0 Å². The van der Waals surface area contributed by atoms with Crippen molar-refractivity contribution < 1.29 is 37.9 Å². The minimum atomic E-state index is -4.42. The van der Waals surface area contributed by atoms with Gasteiger partial charge in [0, 0.05) is 19.4 Å². The number of amides is 1. The zero-order valence-corrected chi connectivity index (χ0v) is 39.6. The number of aliphatic hydroxyl groups is 1. The predicted octanol–water partition coefficient (Wildman–Crippen LogP) is 14.6. The molecule has 59 heavy (non-hydrogen) atoms. The van der Waals surface area contributed by atoms with Crippen LogP contribution in [0.3, 0.4) is 0 Å². The van der Waals surface area contributed by atoms with Crippen molar-refractivity contribution >= 4 is 19.7 Å². The van der Waals surface area contributed by atoms with Gasteiger partial charge in [0.1, 0.15) is 12.7 Å². The first-order valence-corrected chi connectivity index (χ1v) is 26.7. The molecule has 3 N–H and O–H groups in total. The molecule has 0 heterocycles.